The van der Waals surface area contributed by atoms with E-state index >= 15 is 0 Å². The smallest absolute Gasteiger partial charge is 0.0412 e. The maximum Gasteiger partial charge on any atom is 0.0412 e. The van der Waals surface area contributed by atoms with Crippen LogP contribution in [-0.2, 0) is 0 Å². The highest BCUT2D eigenvalue weighted by atomic mass is 35.5. The molecule has 0 nitrogen and oxygen atoms in total. The van der Waals surface area contributed by atoms with Gasteiger partial charge in [-0.15, -0.1) is 0 Å². The molecule has 3 aliphatic rings. The molecule has 2 atom stereocenters. The van der Waals surface area contributed by atoms with E-state index in [-0.39, 0.29) is 0 Å². The Hall–Kier alpha value is -1.50. The molecule has 2 bridgehead atoms. The van der Waals surface area contributed by atoms with Crippen LogP contribution >= 0.6 is 23.2 Å². The van der Waals surface area contributed by atoms with E-state index in [1.807, 2.05) is 12.1 Å². The fourth-order valence-corrected chi connectivity index (χ4v) is 4.66. The van der Waals surface area contributed by atoms with Crippen LogP contribution in [0.3, 0.4) is 0 Å². The Morgan fingerprint density at radius 2 is 1.41 bits per heavy atom. The molecule has 2 aromatic rings. The molecule has 0 N–H and O–H groups in total. The van der Waals surface area contributed by atoms with Gasteiger partial charge in [0.1, 0.15) is 0 Å². The van der Waals surface area contributed by atoms with Crippen molar-refractivity contribution in [2.24, 2.45) is 11.8 Å². The lowest BCUT2D eigenvalue weighted by Crippen LogP contribution is -1.98. The average molecular weight is 325 g/mol. The van der Waals surface area contributed by atoms with E-state index in [1.165, 1.54) is 40.7 Å². The zero-order valence-electron chi connectivity index (χ0n) is 11.9. The summed E-state index contributed by atoms with van der Waals surface area (Å²) in [6, 6.07) is 12.5. The zero-order valence-corrected chi connectivity index (χ0v) is 13.5. The normalized spacial score (nSPS) is 24.1. The molecule has 3 aliphatic carbocycles. The molecule has 2 unspecified atom stereocenters. The SMILES string of the molecule is Clc1ccc2c(c1)C(=C1CC3C=CC1C3)c1cc(Cl)ccc1-2. The molecule has 2 aromatic carbocycles. The maximum absolute atomic E-state index is 6.29. The van der Waals surface area contributed by atoms with Gasteiger partial charge in [0.05, 0.1) is 0 Å². The third kappa shape index (κ3) is 1.71. The van der Waals surface area contributed by atoms with Crippen LogP contribution in [0.4, 0.5) is 0 Å². The van der Waals surface area contributed by atoms with Gasteiger partial charge in [0.15, 0.2) is 0 Å². The second kappa shape index (κ2) is 4.50. The monoisotopic (exact) mass is 324 g/mol. The predicted molar refractivity (Wildman–Crippen MR) is 93.3 cm³/mol. The van der Waals surface area contributed by atoms with Crippen LogP contribution in [0.5, 0.6) is 0 Å². The minimum absolute atomic E-state index is 0.594. The molecule has 0 aromatic heterocycles. The Bertz CT molecular complexity index is 820. The summed E-state index contributed by atoms with van der Waals surface area (Å²) in [6.45, 7) is 0. The van der Waals surface area contributed by atoms with Gasteiger partial charge in [-0.1, -0.05) is 53.1 Å². The fourth-order valence-electron chi connectivity index (χ4n) is 4.31. The Morgan fingerprint density at radius 3 is 1.91 bits per heavy atom. The molecule has 1 fully saturated rings. The second-order valence-electron chi connectivity index (χ2n) is 6.47. The molecule has 2 heteroatoms. The lowest BCUT2D eigenvalue weighted by Gasteiger charge is -2.15. The van der Waals surface area contributed by atoms with Crippen molar-refractivity contribution in [3.05, 3.63) is 75.3 Å². The van der Waals surface area contributed by atoms with Crippen molar-refractivity contribution < 1.29 is 0 Å². The third-order valence-corrected chi connectivity index (χ3v) is 5.69. The molecule has 0 amide bonds. The van der Waals surface area contributed by atoms with Gasteiger partial charge < -0.3 is 0 Å². The summed E-state index contributed by atoms with van der Waals surface area (Å²) in [5, 5.41) is 1.60. The molecule has 0 saturated heterocycles. The number of fused-ring (bicyclic) bond motifs is 5. The quantitative estimate of drug-likeness (QED) is 0.421. The van der Waals surface area contributed by atoms with Crippen LogP contribution < -0.4 is 0 Å². The second-order valence-corrected chi connectivity index (χ2v) is 7.34. The number of benzene rings is 2. The van der Waals surface area contributed by atoms with Crippen molar-refractivity contribution in [1.29, 1.82) is 0 Å². The van der Waals surface area contributed by atoms with Crippen molar-refractivity contribution in [3.63, 3.8) is 0 Å². The first-order valence-electron chi connectivity index (χ1n) is 7.72. The number of rotatable bonds is 0. The molecule has 1 saturated carbocycles. The molecule has 0 radical (unpaired) electrons. The van der Waals surface area contributed by atoms with E-state index in [0.717, 1.165) is 16.0 Å². The number of allylic oxidation sites excluding steroid dienone is 3. The molecule has 0 heterocycles. The molecule has 5 rings (SSSR count). The Kier molecular flexibility index (Phi) is 2.66. The maximum atomic E-state index is 6.29. The highest BCUT2D eigenvalue weighted by molar-refractivity contribution is 6.32. The van der Waals surface area contributed by atoms with E-state index in [4.69, 9.17) is 23.2 Å². The predicted octanol–water partition coefficient (Wildman–Crippen LogP) is 6.37. The molecule has 0 spiro atoms. The standard InChI is InChI=1S/C20H14Cl2/c21-13-3-5-15-16-6-4-14(22)10-19(16)20(18(15)9-13)17-8-11-1-2-12(17)7-11/h1-6,9-12H,7-8H2. The van der Waals surface area contributed by atoms with Crippen LogP contribution in [0.15, 0.2) is 54.1 Å². The highest BCUT2D eigenvalue weighted by Crippen LogP contribution is 2.53. The van der Waals surface area contributed by atoms with E-state index in [0.29, 0.717) is 5.92 Å². The first-order chi connectivity index (χ1) is 10.7. The van der Waals surface area contributed by atoms with Gasteiger partial charge >= 0.3 is 0 Å². The van der Waals surface area contributed by atoms with E-state index in [2.05, 4.69) is 36.4 Å². The molecule has 108 valence electrons. The third-order valence-electron chi connectivity index (χ3n) is 5.22. The van der Waals surface area contributed by atoms with Crippen LogP contribution in [-0.4, -0.2) is 0 Å². The Morgan fingerprint density at radius 1 is 0.773 bits per heavy atom. The largest absolute Gasteiger partial charge is 0.0845 e. The zero-order chi connectivity index (χ0) is 14.8. The van der Waals surface area contributed by atoms with Crippen molar-refractivity contribution in [2.45, 2.75) is 12.8 Å². The minimum atomic E-state index is 0.594. The minimum Gasteiger partial charge on any atom is -0.0845 e. The highest BCUT2D eigenvalue weighted by Gasteiger charge is 2.36. The molecular formula is C20H14Cl2. The fraction of sp³-hybridized carbons (Fsp3) is 0.200. The number of hydrogen-bond donors (Lipinski definition) is 0. The summed E-state index contributed by atoms with van der Waals surface area (Å²) in [5.41, 5.74) is 8.07. The summed E-state index contributed by atoms with van der Waals surface area (Å²) in [4.78, 5) is 0. The average Bonchev–Trinajstić information content (AvgIpc) is 3.18. The first-order valence-corrected chi connectivity index (χ1v) is 8.48. The molecule has 0 aliphatic heterocycles. The number of halogens is 2. The van der Waals surface area contributed by atoms with Gasteiger partial charge in [-0.05, 0) is 76.8 Å². The first kappa shape index (κ1) is 13.0. The summed E-state index contributed by atoms with van der Waals surface area (Å²) in [7, 11) is 0. The van der Waals surface area contributed by atoms with Crippen molar-refractivity contribution in [3.8, 4) is 11.1 Å². The van der Waals surface area contributed by atoms with Crippen LogP contribution in [0.1, 0.15) is 24.0 Å². The Labute approximate surface area is 140 Å². The van der Waals surface area contributed by atoms with Gasteiger partial charge in [0.25, 0.3) is 0 Å². The van der Waals surface area contributed by atoms with E-state index in [9.17, 15) is 0 Å². The van der Waals surface area contributed by atoms with Crippen molar-refractivity contribution in [2.75, 3.05) is 0 Å². The van der Waals surface area contributed by atoms with Gasteiger partial charge in [-0.3, -0.25) is 0 Å². The summed E-state index contributed by atoms with van der Waals surface area (Å²) in [6.07, 6.45) is 7.20. The summed E-state index contributed by atoms with van der Waals surface area (Å²) >= 11 is 12.6. The van der Waals surface area contributed by atoms with Gasteiger partial charge in [-0.25, -0.2) is 0 Å². The molecular weight excluding hydrogens is 311 g/mol. The van der Waals surface area contributed by atoms with E-state index in [1.54, 1.807) is 5.57 Å². The van der Waals surface area contributed by atoms with Crippen LogP contribution in [0, 0.1) is 11.8 Å². The van der Waals surface area contributed by atoms with Crippen molar-refractivity contribution >= 4 is 28.8 Å². The van der Waals surface area contributed by atoms with Gasteiger partial charge in [0.2, 0.25) is 0 Å². The van der Waals surface area contributed by atoms with Gasteiger partial charge in [0, 0.05) is 10.0 Å². The van der Waals surface area contributed by atoms with Crippen LogP contribution in [0.25, 0.3) is 16.7 Å². The lowest BCUT2D eigenvalue weighted by molar-refractivity contribution is 0.693. The Balaban J connectivity index is 1.85. The summed E-state index contributed by atoms with van der Waals surface area (Å²) in [5.74, 6) is 1.31. The lowest BCUT2D eigenvalue weighted by atomic mass is 9.90. The van der Waals surface area contributed by atoms with E-state index < -0.39 is 0 Å². The van der Waals surface area contributed by atoms with Gasteiger partial charge in [-0.2, -0.15) is 0 Å². The molecule has 22 heavy (non-hydrogen) atoms. The topological polar surface area (TPSA) is 0 Å². The summed E-state index contributed by atoms with van der Waals surface area (Å²) < 4.78 is 0. The van der Waals surface area contributed by atoms with Crippen LogP contribution in [0.2, 0.25) is 10.0 Å². The van der Waals surface area contributed by atoms with Crippen molar-refractivity contribution in [1.82, 2.24) is 0 Å². The number of hydrogen-bond acceptors (Lipinski definition) is 0.